The Morgan fingerprint density at radius 1 is 0.968 bits per heavy atom. The molecule has 1 fully saturated rings. The van der Waals surface area contributed by atoms with Crippen LogP contribution in [-0.2, 0) is 0 Å². The third-order valence-corrected chi connectivity index (χ3v) is 5.72. The van der Waals surface area contributed by atoms with Crippen molar-refractivity contribution in [3.63, 3.8) is 0 Å². The number of amides is 1. The number of benzene rings is 3. The van der Waals surface area contributed by atoms with E-state index in [0.29, 0.717) is 25.2 Å². The fourth-order valence-corrected chi connectivity index (χ4v) is 4.12. The lowest BCUT2D eigenvalue weighted by Crippen LogP contribution is -2.55. The topological polar surface area (TPSA) is 45.1 Å². The molecule has 5 rings (SSSR count). The minimum Gasteiger partial charge on any atom is -0.454 e. The number of halogens is 1. The van der Waals surface area contributed by atoms with Crippen LogP contribution in [-0.4, -0.2) is 47.2 Å². The quantitative estimate of drug-likeness (QED) is 0.570. The molecule has 1 atom stereocenters. The molecule has 2 heterocycles. The van der Waals surface area contributed by atoms with E-state index in [-0.39, 0.29) is 17.8 Å². The van der Waals surface area contributed by atoms with Gasteiger partial charge in [-0.2, -0.15) is 0 Å². The summed E-state index contributed by atoms with van der Waals surface area (Å²) in [5, 5.41) is 0. The van der Waals surface area contributed by atoms with E-state index in [9.17, 15) is 9.18 Å². The Morgan fingerprint density at radius 2 is 1.68 bits per heavy atom. The summed E-state index contributed by atoms with van der Waals surface area (Å²) in [5.74, 6) is 1.92. The average molecular weight is 415 g/mol. The minimum absolute atomic E-state index is 0.0272. The number of hydrogen-bond donors (Lipinski definition) is 0. The van der Waals surface area contributed by atoms with Gasteiger partial charge in [0.15, 0.2) is 5.75 Å². The number of nitrogens with zero attached hydrogens (tertiary/aromatic N) is 3. The molecule has 3 aromatic rings. The Kier molecular flexibility index (Phi) is 4.90. The van der Waals surface area contributed by atoms with Crippen LogP contribution in [0.25, 0.3) is 0 Å². The summed E-state index contributed by atoms with van der Waals surface area (Å²) >= 11 is 0. The molecule has 0 aromatic heterocycles. The maximum Gasteiger partial charge on any atom is 0.254 e. The van der Waals surface area contributed by atoms with E-state index in [4.69, 9.17) is 9.73 Å². The van der Waals surface area contributed by atoms with E-state index in [1.54, 1.807) is 0 Å². The normalized spacial score (nSPS) is 17.7. The SMILES string of the molecule is CC1CN(C2=Nc3ccccc3Oc3ccccc32)CCN1C(=O)c1ccc(F)cc1. The predicted molar refractivity (Wildman–Crippen MR) is 118 cm³/mol. The zero-order chi connectivity index (χ0) is 21.4. The van der Waals surface area contributed by atoms with Crippen molar-refractivity contribution in [3.8, 4) is 11.5 Å². The number of carbonyl (C=O) groups is 1. The first kappa shape index (κ1) is 19.3. The molecular weight excluding hydrogens is 393 g/mol. The Morgan fingerprint density at radius 3 is 2.45 bits per heavy atom. The van der Waals surface area contributed by atoms with Crippen LogP contribution in [0.4, 0.5) is 10.1 Å². The number of ether oxygens (including phenoxy) is 1. The molecule has 31 heavy (non-hydrogen) atoms. The van der Waals surface area contributed by atoms with E-state index in [1.807, 2.05) is 60.4 Å². The summed E-state index contributed by atoms with van der Waals surface area (Å²) in [6.45, 7) is 3.87. The van der Waals surface area contributed by atoms with Crippen molar-refractivity contribution in [3.05, 3.63) is 89.7 Å². The molecule has 5 nitrogen and oxygen atoms in total. The highest BCUT2D eigenvalue weighted by molar-refractivity contribution is 6.04. The number of aliphatic imine (C=N–C) groups is 1. The van der Waals surface area contributed by atoms with Crippen molar-refractivity contribution in [1.29, 1.82) is 0 Å². The van der Waals surface area contributed by atoms with Gasteiger partial charge in [-0.15, -0.1) is 0 Å². The Labute approximate surface area is 180 Å². The van der Waals surface area contributed by atoms with Crippen LogP contribution in [0.5, 0.6) is 11.5 Å². The first-order valence-corrected chi connectivity index (χ1v) is 10.4. The van der Waals surface area contributed by atoms with Gasteiger partial charge in [-0.25, -0.2) is 9.38 Å². The average Bonchev–Trinajstić information content (AvgIpc) is 2.96. The van der Waals surface area contributed by atoms with Crippen LogP contribution in [0.1, 0.15) is 22.8 Å². The van der Waals surface area contributed by atoms with Crippen LogP contribution in [0.15, 0.2) is 77.8 Å². The van der Waals surface area contributed by atoms with E-state index < -0.39 is 0 Å². The number of carbonyl (C=O) groups excluding carboxylic acids is 1. The molecule has 6 heteroatoms. The number of para-hydroxylation sites is 3. The first-order valence-electron chi connectivity index (χ1n) is 10.4. The molecule has 0 spiro atoms. The standard InChI is InChI=1S/C25H22FN3O2/c1-17-16-28(14-15-29(17)25(30)18-10-12-19(26)13-11-18)24-20-6-2-4-8-22(20)31-23-9-5-3-7-21(23)27-24/h2-13,17H,14-16H2,1H3. The zero-order valence-electron chi connectivity index (χ0n) is 17.2. The van der Waals surface area contributed by atoms with Crippen molar-refractivity contribution in [2.75, 3.05) is 19.6 Å². The van der Waals surface area contributed by atoms with Crippen LogP contribution < -0.4 is 4.74 Å². The Balaban J connectivity index is 1.43. The Hall–Kier alpha value is -3.67. The Bertz CT molecular complexity index is 1160. The molecule has 2 aliphatic rings. The molecule has 3 aromatic carbocycles. The molecule has 156 valence electrons. The molecular formula is C25H22FN3O2. The van der Waals surface area contributed by atoms with Gasteiger partial charge < -0.3 is 14.5 Å². The van der Waals surface area contributed by atoms with E-state index in [1.165, 1.54) is 24.3 Å². The maximum atomic E-state index is 13.2. The van der Waals surface area contributed by atoms with E-state index in [0.717, 1.165) is 28.6 Å². The molecule has 0 radical (unpaired) electrons. The number of rotatable bonds is 1. The summed E-state index contributed by atoms with van der Waals surface area (Å²) < 4.78 is 19.4. The highest BCUT2D eigenvalue weighted by Crippen LogP contribution is 2.38. The zero-order valence-corrected chi connectivity index (χ0v) is 17.2. The van der Waals surface area contributed by atoms with Gasteiger partial charge in [-0.05, 0) is 55.5 Å². The molecule has 2 aliphatic heterocycles. The van der Waals surface area contributed by atoms with Gasteiger partial charge in [0.1, 0.15) is 23.1 Å². The van der Waals surface area contributed by atoms with Gasteiger partial charge in [0.05, 0.1) is 5.56 Å². The molecule has 0 N–H and O–H groups in total. The second-order valence-electron chi connectivity index (χ2n) is 7.80. The number of amidine groups is 1. The fourth-order valence-electron chi connectivity index (χ4n) is 4.12. The third kappa shape index (κ3) is 3.65. The number of hydrogen-bond acceptors (Lipinski definition) is 4. The van der Waals surface area contributed by atoms with Gasteiger partial charge in [-0.1, -0.05) is 24.3 Å². The lowest BCUT2D eigenvalue weighted by molar-refractivity contribution is 0.0581. The molecule has 1 amide bonds. The van der Waals surface area contributed by atoms with Gasteiger partial charge in [0, 0.05) is 31.2 Å². The van der Waals surface area contributed by atoms with Crippen molar-refractivity contribution in [2.45, 2.75) is 13.0 Å². The van der Waals surface area contributed by atoms with Gasteiger partial charge >= 0.3 is 0 Å². The fraction of sp³-hybridized carbons (Fsp3) is 0.200. The summed E-state index contributed by atoms with van der Waals surface area (Å²) in [7, 11) is 0. The third-order valence-electron chi connectivity index (χ3n) is 5.72. The maximum absolute atomic E-state index is 13.2. The minimum atomic E-state index is -0.345. The second kappa shape index (κ2) is 7.87. The predicted octanol–water partition coefficient (Wildman–Crippen LogP) is 4.86. The van der Waals surface area contributed by atoms with Gasteiger partial charge in [0.2, 0.25) is 0 Å². The lowest BCUT2D eigenvalue weighted by atomic mass is 10.1. The second-order valence-corrected chi connectivity index (χ2v) is 7.80. The first-order chi connectivity index (χ1) is 15.1. The van der Waals surface area contributed by atoms with Crippen molar-refractivity contribution in [2.24, 2.45) is 4.99 Å². The summed E-state index contributed by atoms with van der Waals surface area (Å²) in [4.78, 5) is 22.0. The van der Waals surface area contributed by atoms with Crippen LogP contribution in [0, 0.1) is 5.82 Å². The van der Waals surface area contributed by atoms with Crippen LogP contribution >= 0.6 is 0 Å². The molecule has 0 bridgehead atoms. The van der Waals surface area contributed by atoms with Crippen LogP contribution in [0.2, 0.25) is 0 Å². The van der Waals surface area contributed by atoms with Gasteiger partial charge in [0.25, 0.3) is 5.91 Å². The summed E-state index contributed by atoms with van der Waals surface area (Å²) in [6.07, 6.45) is 0. The number of fused-ring (bicyclic) bond motifs is 2. The highest BCUT2D eigenvalue weighted by atomic mass is 19.1. The van der Waals surface area contributed by atoms with Crippen molar-refractivity contribution in [1.82, 2.24) is 9.80 Å². The van der Waals surface area contributed by atoms with Crippen molar-refractivity contribution < 1.29 is 13.9 Å². The van der Waals surface area contributed by atoms with Gasteiger partial charge in [-0.3, -0.25) is 4.79 Å². The van der Waals surface area contributed by atoms with Crippen LogP contribution in [0.3, 0.4) is 0 Å². The van der Waals surface area contributed by atoms with E-state index >= 15 is 0 Å². The highest BCUT2D eigenvalue weighted by Gasteiger charge is 2.31. The lowest BCUT2D eigenvalue weighted by Gasteiger charge is -2.41. The number of piperazine rings is 1. The largest absolute Gasteiger partial charge is 0.454 e. The summed E-state index contributed by atoms with van der Waals surface area (Å²) in [5.41, 5.74) is 2.22. The molecule has 1 unspecified atom stereocenters. The smallest absolute Gasteiger partial charge is 0.254 e. The monoisotopic (exact) mass is 415 g/mol. The molecule has 0 aliphatic carbocycles. The van der Waals surface area contributed by atoms with Crippen molar-refractivity contribution >= 4 is 17.4 Å². The summed E-state index contributed by atoms with van der Waals surface area (Å²) in [6, 6.07) is 21.3. The molecule has 0 saturated carbocycles. The van der Waals surface area contributed by atoms with E-state index in [2.05, 4.69) is 4.90 Å². The molecule has 1 saturated heterocycles.